The minimum Gasteiger partial charge on any atom is -0.381 e. The number of rotatable bonds is 8. The van der Waals surface area contributed by atoms with E-state index in [4.69, 9.17) is 9.47 Å². The Kier molecular flexibility index (Phi) is 6.26. The van der Waals surface area contributed by atoms with Gasteiger partial charge in [0.2, 0.25) is 0 Å². The molecular formula is C13H24N4O2. The molecule has 0 radical (unpaired) electrons. The van der Waals surface area contributed by atoms with Gasteiger partial charge in [0.1, 0.15) is 0 Å². The Morgan fingerprint density at radius 1 is 1.47 bits per heavy atom. The van der Waals surface area contributed by atoms with Gasteiger partial charge >= 0.3 is 0 Å². The third-order valence-electron chi connectivity index (χ3n) is 3.30. The molecule has 0 bridgehead atoms. The van der Waals surface area contributed by atoms with Crippen molar-refractivity contribution in [2.24, 2.45) is 5.92 Å². The van der Waals surface area contributed by atoms with Crippen molar-refractivity contribution < 1.29 is 9.47 Å². The molecule has 19 heavy (non-hydrogen) atoms. The Balaban J connectivity index is 1.58. The summed E-state index contributed by atoms with van der Waals surface area (Å²) in [6.45, 7) is 7.86. The summed E-state index contributed by atoms with van der Waals surface area (Å²) in [5.74, 6) is 0.661. The second-order valence-electron chi connectivity index (χ2n) is 4.88. The molecule has 0 atom stereocenters. The molecule has 1 aromatic heterocycles. The van der Waals surface area contributed by atoms with E-state index in [0.29, 0.717) is 12.5 Å². The molecule has 1 saturated heterocycles. The smallest absolute Gasteiger partial charge is 0.0964 e. The molecule has 1 aliphatic heterocycles. The molecule has 0 saturated carbocycles. The molecule has 0 aliphatic carbocycles. The van der Waals surface area contributed by atoms with E-state index in [0.717, 1.165) is 58.0 Å². The lowest BCUT2D eigenvalue weighted by Gasteiger charge is -2.21. The Hall–Kier alpha value is -0.980. The van der Waals surface area contributed by atoms with Crippen molar-refractivity contribution in [3.05, 3.63) is 11.9 Å². The zero-order valence-corrected chi connectivity index (χ0v) is 11.7. The van der Waals surface area contributed by atoms with Crippen molar-refractivity contribution in [1.29, 1.82) is 0 Å². The second-order valence-corrected chi connectivity index (χ2v) is 4.88. The van der Waals surface area contributed by atoms with Crippen LogP contribution in [0.5, 0.6) is 0 Å². The normalized spacial score (nSPS) is 16.9. The van der Waals surface area contributed by atoms with Gasteiger partial charge in [0.15, 0.2) is 0 Å². The quantitative estimate of drug-likeness (QED) is 0.708. The third kappa shape index (κ3) is 5.26. The summed E-state index contributed by atoms with van der Waals surface area (Å²) in [7, 11) is 0. The molecule has 2 rings (SSSR count). The van der Waals surface area contributed by atoms with Crippen molar-refractivity contribution in [3.63, 3.8) is 0 Å². The topological polar surface area (TPSA) is 61.2 Å². The van der Waals surface area contributed by atoms with Gasteiger partial charge in [0.25, 0.3) is 0 Å². The van der Waals surface area contributed by atoms with Gasteiger partial charge in [0.05, 0.1) is 18.8 Å². The monoisotopic (exact) mass is 268 g/mol. The van der Waals surface area contributed by atoms with E-state index in [1.54, 1.807) is 0 Å². The van der Waals surface area contributed by atoms with Gasteiger partial charge in [-0.25, -0.2) is 4.68 Å². The number of hydrogen-bond donors (Lipinski definition) is 1. The predicted octanol–water partition coefficient (Wildman–Crippen LogP) is 0.831. The van der Waals surface area contributed by atoms with Gasteiger partial charge in [-0.2, -0.15) is 0 Å². The lowest BCUT2D eigenvalue weighted by Crippen LogP contribution is -2.21. The van der Waals surface area contributed by atoms with Crippen LogP contribution in [0.4, 0.5) is 0 Å². The minimum atomic E-state index is 0.661. The molecule has 2 heterocycles. The van der Waals surface area contributed by atoms with Crippen LogP contribution in [0.3, 0.4) is 0 Å². The molecule has 1 fully saturated rings. The lowest BCUT2D eigenvalue weighted by atomic mass is 10.0. The van der Waals surface area contributed by atoms with Gasteiger partial charge in [-0.3, -0.25) is 0 Å². The standard InChI is InChI=1S/C13H24N4O2/c1-2-14-9-13-10-17(16-15-13)5-8-19-11-12-3-6-18-7-4-12/h10,12,14H,2-9,11H2,1H3. The molecule has 0 unspecified atom stereocenters. The van der Waals surface area contributed by atoms with E-state index in [1.165, 1.54) is 0 Å². The predicted molar refractivity (Wildman–Crippen MR) is 71.8 cm³/mol. The molecule has 6 heteroatoms. The van der Waals surface area contributed by atoms with Crippen LogP contribution in [0.25, 0.3) is 0 Å². The number of aromatic nitrogens is 3. The number of hydrogen-bond acceptors (Lipinski definition) is 5. The first kappa shape index (κ1) is 14.4. The molecular weight excluding hydrogens is 244 g/mol. The van der Waals surface area contributed by atoms with Gasteiger partial charge in [-0.15, -0.1) is 5.10 Å². The molecule has 0 spiro atoms. The maximum Gasteiger partial charge on any atom is 0.0964 e. The summed E-state index contributed by atoms with van der Waals surface area (Å²) < 4.78 is 12.9. The molecule has 1 N–H and O–H groups in total. The van der Waals surface area contributed by atoms with E-state index in [2.05, 4.69) is 22.6 Å². The molecule has 6 nitrogen and oxygen atoms in total. The van der Waals surface area contributed by atoms with Gasteiger partial charge in [-0.05, 0) is 25.3 Å². The van der Waals surface area contributed by atoms with E-state index in [1.807, 2.05) is 10.9 Å². The summed E-state index contributed by atoms with van der Waals surface area (Å²) in [5, 5.41) is 11.4. The van der Waals surface area contributed by atoms with Crippen LogP contribution in [0.1, 0.15) is 25.5 Å². The summed E-state index contributed by atoms with van der Waals surface area (Å²) in [5.41, 5.74) is 0.978. The molecule has 0 aromatic carbocycles. The summed E-state index contributed by atoms with van der Waals surface area (Å²) in [6.07, 6.45) is 4.22. The first-order valence-electron chi connectivity index (χ1n) is 7.13. The Bertz CT molecular complexity index is 350. The zero-order valence-electron chi connectivity index (χ0n) is 11.7. The first-order chi connectivity index (χ1) is 9.38. The van der Waals surface area contributed by atoms with Crippen LogP contribution in [0.15, 0.2) is 6.20 Å². The summed E-state index contributed by atoms with van der Waals surface area (Å²) in [6, 6.07) is 0. The van der Waals surface area contributed by atoms with E-state index >= 15 is 0 Å². The fraction of sp³-hybridized carbons (Fsp3) is 0.846. The first-order valence-corrected chi connectivity index (χ1v) is 7.13. The van der Waals surface area contributed by atoms with E-state index in [-0.39, 0.29) is 0 Å². The Morgan fingerprint density at radius 3 is 3.11 bits per heavy atom. The Labute approximate surface area is 114 Å². The average molecular weight is 268 g/mol. The van der Waals surface area contributed by atoms with Crippen LogP contribution >= 0.6 is 0 Å². The molecule has 1 aromatic rings. The minimum absolute atomic E-state index is 0.661. The second kappa shape index (κ2) is 8.24. The molecule has 0 amide bonds. The van der Waals surface area contributed by atoms with Gasteiger partial charge in [0, 0.05) is 32.6 Å². The van der Waals surface area contributed by atoms with E-state index < -0.39 is 0 Å². The lowest BCUT2D eigenvalue weighted by molar-refractivity contribution is 0.0183. The van der Waals surface area contributed by atoms with Gasteiger partial charge in [-0.1, -0.05) is 12.1 Å². The maximum absolute atomic E-state index is 5.71. The van der Waals surface area contributed by atoms with Crippen molar-refractivity contribution >= 4 is 0 Å². The molecule has 1 aliphatic rings. The number of ether oxygens (including phenoxy) is 2. The Morgan fingerprint density at radius 2 is 2.32 bits per heavy atom. The number of nitrogens with zero attached hydrogens (tertiary/aromatic N) is 3. The van der Waals surface area contributed by atoms with Crippen LogP contribution in [-0.4, -0.2) is 48.0 Å². The average Bonchev–Trinajstić information content (AvgIpc) is 2.90. The highest BCUT2D eigenvalue weighted by atomic mass is 16.5. The van der Waals surface area contributed by atoms with Crippen LogP contribution in [-0.2, 0) is 22.6 Å². The van der Waals surface area contributed by atoms with Crippen LogP contribution < -0.4 is 5.32 Å². The van der Waals surface area contributed by atoms with Gasteiger partial charge < -0.3 is 14.8 Å². The van der Waals surface area contributed by atoms with E-state index in [9.17, 15) is 0 Å². The largest absolute Gasteiger partial charge is 0.381 e. The van der Waals surface area contributed by atoms with Crippen molar-refractivity contribution in [3.8, 4) is 0 Å². The van der Waals surface area contributed by atoms with Crippen LogP contribution in [0, 0.1) is 5.92 Å². The summed E-state index contributed by atoms with van der Waals surface area (Å²) >= 11 is 0. The zero-order chi connectivity index (χ0) is 13.3. The number of nitrogens with one attached hydrogen (secondary N) is 1. The molecule has 108 valence electrons. The van der Waals surface area contributed by atoms with Crippen molar-refractivity contribution in [2.75, 3.05) is 33.0 Å². The fourth-order valence-electron chi connectivity index (χ4n) is 2.10. The highest BCUT2D eigenvalue weighted by Crippen LogP contribution is 2.14. The van der Waals surface area contributed by atoms with Crippen LogP contribution in [0.2, 0.25) is 0 Å². The van der Waals surface area contributed by atoms with Crippen molar-refractivity contribution in [2.45, 2.75) is 32.9 Å². The summed E-state index contributed by atoms with van der Waals surface area (Å²) in [4.78, 5) is 0. The third-order valence-corrected chi connectivity index (χ3v) is 3.30. The SMILES string of the molecule is CCNCc1cn(CCOCC2CCOCC2)nn1. The highest BCUT2D eigenvalue weighted by Gasteiger charge is 2.13. The van der Waals surface area contributed by atoms with Crippen molar-refractivity contribution in [1.82, 2.24) is 20.3 Å². The highest BCUT2D eigenvalue weighted by molar-refractivity contribution is 4.91. The fourth-order valence-corrected chi connectivity index (χ4v) is 2.10. The maximum atomic E-state index is 5.71.